The van der Waals surface area contributed by atoms with Crippen LogP contribution in [-0.4, -0.2) is 52.0 Å². The summed E-state index contributed by atoms with van der Waals surface area (Å²) in [6, 6.07) is 10.1. The van der Waals surface area contributed by atoms with Crippen LogP contribution in [0.3, 0.4) is 0 Å². The van der Waals surface area contributed by atoms with Crippen molar-refractivity contribution in [1.82, 2.24) is 25.2 Å². The molecule has 0 spiro atoms. The molecule has 1 saturated heterocycles. The summed E-state index contributed by atoms with van der Waals surface area (Å²) in [7, 11) is 0. The van der Waals surface area contributed by atoms with Gasteiger partial charge in [-0.05, 0) is 25.5 Å². The zero-order chi connectivity index (χ0) is 15.4. The van der Waals surface area contributed by atoms with Crippen molar-refractivity contribution < 1.29 is 4.79 Å². The van der Waals surface area contributed by atoms with E-state index in [0.29, 0.717) is 12.2 Å². The summed E-state index contributed by atoms with van der Waals surface area (Å²) in [6.45, 7) is 5.84. The molecule has 2 heterocycles. The number of carbonyl (C=O) groups excluding carboxylic acids is 1. The van der Waals surface area contributed by atoms with Gasteiger partial charge in [-0.2, -0.15) is 0 Å². The van der Waals surface area contributed by atoms with E-state index in [1.54, 1.807) is 4.68 Å². The highest BCUT2D eigenvalue weighted by Gasteiger charge is 2.23. The maximum absolute atomic E-state index is 12.6. The molecule has 0 bridgehead atoms. The molecule has 1 aromatic carbocycles. The number of aromatic nitrogens is 3. The summed E-state index contributed by atoms with van der Waals surface area (Å²) in [6.07, 6.45) is 0.975. The zero-order valence-corrected chi connectivity index (χ0v) is 12.8. The highest BCUT2D eigenvalue weighted by molar-refractivity contribution is 5.93. The Morgan fingerprint density at radius 1 is 1.23 bits per heavy atom. The SMILES string of the molecule is Cc1c(C(=O)N2CCCNCC2)nnn1Cc1ccccc1. The number of rotatable bonds is 3. The molecule has 2 aromatic rings. The van der Waals surface area contributed by atoms with Gasteiger partial charge in [0.2, 0.25) is 0 Å². The number of nitrogens with one attached hydrogen (secondary N) is 1. The maximum Gasteiger partial charge on any atom is 0.276 e. The van der Waals surface area contributed by atoms with Gasteiger partial charge >= 0.3 is 0 Å². The Morgan fingerprint density at radius 2 is 2.05 bits per heavy atom. The third-order valence-electron chi connectivity index (χ3n) is 3.99. The molecule has 0 saturated carbocycles. The van der Waals surface area contributed by atoms with Crippen LogP contribution in [0.4, 0.5) is 0 Å². The molecule has 1 N–H and O–H groups in total. The lowest BCUT2D eigenvalue weighted by molar-refractivity contribution is 0.0759. The van der Waals surface area contributed by atoms with Crippen LogP contribution in [0, 0.1) is 6.92 Å². The first kappa shape index (κ1) is 14.7. The second kappa shape index (κ2) is 6.70. The molecular formula is C16H21N5O. The van der Waals surface area contributed by atoms with Gasteiger partial charge in [0, 0.05) is 19.6 Å². The van der Waals surface area contributed by atoms with Crippen molar-refractivity contribution in [2.45, 2.75) is 19.9 Å². The average Bonchev–Trinajstić information content (AvgIpc) is 2.77. The van der Waals surface area contributed by atoms with Gasteiger partial charge in [-0.1, -0.05) is 35.5 Å². The Hall–Kier alpha value is -2.21. The Kier molecular flexibility index (Phi) is 4.48. The summed E-state index contributed by atoms with van der Waals surface area (Å²) in [5.41, 5.74) is 2.44. The fourth-order valence-corrected chi connectivity index (χ4v) is 2.66. The number of hydrogen-bond acceptors (Lipinski definition) is 4. The number of amides is 1. The largest absolute Gasteiger partial charge is 0.336 e. The third kappa shape index (κ3) is 3.17. The van der Waals surface area contributed by atoms with Crippen molar-refractivity contribution in [2.75, 3.05) is 26.2 Å². The molecule has 116 valence electrons. The van der Waals surface area contributed by atoms with Gasteiger partial charge < -0.3 is 10.2 Å². The summed E-state index contributed by atoms with van der Waals surface area (Å²) >= 11 is 0. The molecule has 0 radical (unpaired) electrons. The molecule has 1 amide bonds. The first-order chi connectivity index (χ1) is 10.8. The molecule has 6 heteroatoms. The first-order valence-electron chi connectivity index (χ1n) is 7.69. The quantitative estimate of drug-likeness (QED) is 0.921. The van der Waals surface area contributed by atoms with Crippen molar-refractivity contribution in [3.05, 3.63) is 47.3 Å². The van der Waals surface area contributed by atoms with Crippen molar-refractivity contribution >= 4 is 5.91 Å². The minimum absolute atomic E-state index is 0.0134. The van der Waals surface area contributed by atoms with Crippen LogP contribution in [0.15, 0.2) is 30.3 Å². The first-order valence-corrected chi connectivity index (χ1v) is 7.69. The predicted molar refractivity (Wildman–Crippen MR) is 83.7 cm³/mol. The molecule has 1 fully saturated rings. The Morgan fingerprint density at radius 3 is 2.86 bits per heavy atom. The van der Waals surface area contributed by atoms with E-state index in [1.165, 1.54) is 0 Å². The van der Waals surface area contributed by atoms with Gasteiger partial charge in [-0.3, -0.25) is 4.79 Å². The molecule has 0 aliphatic carbocycles. The summed E-state index contributed by atoms with van der Waals surface area (Å²) in [4.78, 5) is 14.5. The molecule has 22 heavy (non-hydrogen) atoms. The van der Waals surface area contributed by atoms with Crippen LogP contribution in [0.25, 0.3) is 0 Å². The molecule has 1 aliphatic heterocycles. The smallest absolute Gasteiger partial charge is 0.276 e. The van der Waals surface area contributed by atoms with E-state index in [9.17, 15) is 4.79 Å². The number of nitrogens with zero attached hydrogens (tertiary/aromatic N) is 4. The van der Waals surface area contributed by atoms with Crippen LogP contribution in [-0.2, 0) is 6.54 Å². The van der Waals surface area contributed by atoms with Gasteiger partial charge in [0.15, 0.2) is 5.69 Å². The molecule has 1 aromatic heterocycles. The average molecular weight is 299 g/mol. The summed E-state index contributed by atoms with van der Waals surface area (Å²) < 4.78 is 1.79. The predicted octanol–water partition coefficient (Wildman–Crippen LogP) is 1.07. The highest BCUT2D eigenvalue weighted by atomic mass is 16.2. The normalized spacial score (nSPS) is 15.6. The van der Waals surface area contributed by atoms with E-state index in [1.807, 2.05) is 42.2 Å². The van der Waals surface area contributed by atoms with E-state index in [4.69, 9.17) is 0 Å². The molecule has 1 aliphatic rings. The fourth-order valence-electron chi connectivity index (χ4n) is 2.66. The monoisotopic (exact) mass is 299 g/mol. The Balaban J connectivity index is 1.76. The zero-order valence-electron chi connectivity index (χ0n) is 12.8. The van der Waals surface area contributed by atoms with E-state index in [0.717, 1.165) is 43.9 Å². The number of hydrogen-bond donors (Lipinski definition) is 1. The lowest BCUT2D eigenvalue weighted by atomic mass is 10.2. The van der Waals surface area contributed by atoms with Crippen LogP contribution < -0.4 is 5.32 Å². The minimum atomic E-state index is -0.0134. The standard InChI is InChI=1S/C16H21N5O/c1-13-15(16(22)20-10-5-8-17-9-11-20)18-19-21(13)12-14-6-3-2-4-7-14/h2-4,6-7,17H,5,8-12H2,1H3. The van der Waals surface area contributed by atoms with Gasteiger partial charge in [-0.25, -0.2) is 4.68 Å². The molecule has 3 rings (SSSR count). The molecule has 6 nitrogen and oxygen atoms in total. The molecule has 0 atom stereocenters. The summed E-state index contributed by atoms with van der Waals surface area (Å²) in [5.74, 6) is -0.0134. The van der Waals surface area contributed by atoms with Crippen LogP contribution >= 0.6 is 0 Å². The van der Waals surface area contributed by atoms with Crippen molar-refractivity contribution in [3.8, 4) is 0 Å². The van der Waals surface area contributed by atoms with Crippen LogP contribution in [0.5, 0.6) is 0 Å². The van der Waals surface area contributed by atoms with E-state index in [-0.39, 0.29) is 5.91 Å². The topological polar surface area (TPSA) is 63.1 Å². The van der Waals surface area contributed by atoms with Gasteiger partial charge in [0.05, 0.1) is 12.2 Å². The molecular weight excluding hydrogens is 278 g/mol. The number of benzene rings is 1. The third-order valence-corrected chi connectivity index (χ3v) is 3.99. The number of carbonyl (C=O) groups is 1. The van der Waals surface area contributed by atoms with E-state index < -0.39 is 0 Å². The van der Waals surface area contributed by atoms with E-state index >= 15 is 0 Å². The van der Waals surface area contributed by atoms with Crippen molar-refractivity contribution in [2.24, 2.45) is 0 Å². The van der Waals surface area contributed by atoms with Gasteiger partial charge in [0.25, 0.3) is 5.91 Å². The second-order valence-electron chi connectivity index (χ2n) is 5.56. The lowest BCUT2D eigenvalue weighted by Gasteiger charge is -2.18. The van der Waals surface area contributed by atoms with E-state index in [2.05, 4.69) is 15.6 Å². The van der Waals surface area contributed by atoms with Crippen molar-refractivity contribution in [3.63, 3.8) is 0 Å². The van der Waals surface area contributed by atoms with Crippen LogP contribution in [0.1, 0.15) is 28.2 Å². The van der Waals surface area contributed by atoms with Crippen LogP contribution in [0.2, 0.25) is 0 Å². The minimum Gasteiger partial charge on any atom is -0.336 e. The van der Waals surface area contributed by atoms with Gasteiger partial charge in [-0.15, -0.1) is 5.10 Å². The van der Waals surface area contributed by atoms with Gasteiger partial charge in [0.1, 0.15) is 0 Å². The lowest BCUT2D eigenvalue weighted by Crippen LogP contribution is -2.34. The fraction of sp³-hybridized carbons (Fsp3) is 0.438. The maximum atomic E-state index is 12.6. The van der Waals surface area contributed by atoms with Crippen molar-refractivity contribution in [1.29, 1.82) is 0 Å². The second-order valence-corrected chi connectivity index (χ2v) is 5.56. The Labute approximate surface area is 130 Å². The highest BCUT2D eigenvalue weighted by Crippen LogP contribution is 2.11. The molecule has 0 unspecified atom stereocenters. The Bertz CT molecular complexity index is 629. The summed E-state index contributed by atoms with van der Waals surface area (Å²) in [5, 5.41) is 11.6.